The van der Waals surface area contributed by atoms with Gasteiger partial charge in [-0.15, -0.1) is 0 Å². The summed E-state index contributed by atoms with van der Waals surface area (Å²) in [6.45, 7) is 0. The van der Waals surface area contributed by atoms with Gasteiger partial charge in [-0.2, -0.15) is 0 Å². The SMILES string of the molecule is O/N=C/c1nc(CCCCCc2ccccc2)ccc1F. The van der Waals surface area contributed by atoms with Gasteiger partial charge in [0.2, 0.25) is 0 Å². The molecular weight excluding hydrogens is 267 g/mol. The second kappa shape index (κ2) is 8.15. The molecule has 1 N–H and O–H groups in total. The highest BCUT2D eigenvalue weighted by atomic mass is 19.1. The Kier molecular flexibility index (Phi) is 5.88. The third-order valence-electron chi connectivity index (χ3n) is 3.35. The number of aryl methyl sites for hydroxylation is 2. The van der Waals surface area contributed by atoms with Crippen molar-refractivity contribution in [2.75, 3.05) is 0 Å². The lowest BCUT2D eigenvalue weighted by molar-refractivity contribution is 0.321. The number of hydrogen-bond donors (Lipinski definition) is 1. The summed E-state index contributed by atoms with van der Waals surface area (Å²) in [4.78, 5) is 4.13. The molecule has 2 rings (SSSR count). The van der Waals surface area contributed by atoms with Crippen molar-refractivity contribution in [3.05, 3.63) is 65.2 Å². The average molecular weight is 286 g/mol. The van der Waals surface area contributed by atoms with E-state index >= 15 is 0 Å². The Morgan fingerprint density at radius 2 is 1.76 bits per heavy atom. The van der Waals surface area contributed by atoms with Crippen LogP contribution < -0.4 is 0 Å². The second-order valence-electron chi connectivity index (χ2n) is 4.96. The summed E-state index contributed by atoms with van der Waals surface area (Å²) in [5.74, 6) is -0.472. The van der Waals surface area contributed by atoms with E-state index in [1.165, 1.54) is 11.6 Å². The Morgan fingerprint density at radius 1 is 1.00 bits per heavy atom. The average Bonchev–Trinajstić information content (AvgIpc) is 2.51. The highest BCUT2D eigenvalue weighted by Gasteiger charge is 2.03. The predicted molar refractivity (Wildman–Crippen MR) is 81.3 cm³/mol. The van der Waals surface area contributed by atoms with Crippen LogP contribution in [-0.4, -0.2) is 16.4 Å². The standard InChI is InChI=1S/C17H19FN2O/c18-16-12-11-15(20-17(16)13-19-21)10-6-2-5-9-14-7-3-1-4-8-14/h1,3-4,7-8,11-13,21H,2,5-6,9-10H2/b19-13+. The lowest BCUT2D eigenvalue weighted by atomic mass is 10.1. The minimum atomic E-state index is -0.472. The van der Waals surface area contributed by atoms with Crippen molar-refractivity contribution in [2.24, 2.45) is 5.16 Å². The molecule has 0 radical (unpaired) electrons. The molecule has 0 aliphatic heterocycles. The normalized spacial score (nSPS) is 11.1. The number of halogens is 1. The molecule has 0 saturated carbocycles. The summed E-state index contributed by atoms with van der Waals surface area (Å²) in [6.07, 6.45) is 6.17. The first-order chi connectivity index (χ1) is 10.3. The molecule has 0 bridgehead atoms. The molecule has 1 aromatic carbocycles. The molecule has 4 heteroatoms. The molecular formula is C17H19FN2O. The molecule has 0 atom stereocenters. The molecule has 0 aliphatic carbocycles. The summed E-state index contributed by atoms with van der Waals surface area (Å²) in [7, 11) is 0. The van der Waals surface area contributed by atoms with Crippen LogP contribution in [0.15, 0.2) is 47.6 Å². The molecule has 0 unspecified atom stereocenters. The van der Waals surface area contributed by atoms with Crippen molar-refractivity contribution >= 4 is 6.21 Å². The second-order valence-corrected chi connectivity index (χ2v) is 4.96. The minimum Gasteiger partial charge on any atom is -0.411 e. The van der Waals surface area contributed by atoms with Crippen LogP contribution in [0.3, 0.4) is 0 Å². The third kappa shape index (κ3) is 4.99. The molecule has 21 heavy (non-hydrogen) atoms. The van der Waals surface area contributed by atoms with Gasteiger partial charge in [-0.3, -0.25) is 0 Å². The summed E-state index contributed by atoms with van der Waals surface area (Å²) < 4.78 is 13.3. The van der Waals surface area contributed by atoms with Crippen LogP contribution in [0.2, 0.25) is 0 Å². The maximum Gasteiger partial charge on any atom is 0.150 e. The van der Waals surface area contributed by atoms with E-state index in [0.717, 1.165) is 44.0 Å². The Balaban J connectivity index is 1.75. The number of oxime groups is 1. The van der Waals surface area contributed by atoms with E-state index in [0.29, 0.717) is 0 Å². The van der Waals surface area contributed by atoms with E-state index in [4.69, 9.17) is 5.21 Å². The number of aromatic nitrogens is 1. The van der Waals surface area contributed by atoms with Gasteiger partial charge >= 0.3 is 0 Å². The summed E-state index contributed by atoms with van der Waals surface area (Å²) in [6, 6.07) is 13.5. The number of benzene rings is 1. The fourth-order valence-corrected chi connectivity index (χ4v) is 2.24. The molecule has 0 saturated heterocycles. The highest BCUT2D eigenvalue weighted by molar-refractivity contribution is 5.76. The van der Waals surface area contributed by atoms with Gasteiger partial charge < -0.3 is 5.21 Å². The maximum atomic E-state index is 13.3. The summed E-state index contributed by atoms with van der Waals surface area (Å²) in [5.41, 5.74) is 2.27. The molecule has 2 aromatic rings. The summed E-state index contributed by atoms with van der Waals surface area (Å²) in [5, 5.41) is 11.3. The van der Waals surface area contributed by atoms with Gasteiger partial charge in [0.25, 0.3) is 0 Å². The van der Waals surface area contributed by atoms with Crippen LogP contribution in [0.4, 0.5) is 4.39 Å². The Bertz CT molecular complexity index is 585. The number of rotatable bonds is 7. The first-order valence-electron chi connectivity index (χ1n) is 7.16. The van der Waals surface area contributed by atoms with Crippen LogP contribution in [0.5, 0.6) is 0 Å². The molecule has 3 nitrogen and oxygen atoms in total. The zero-order valence-electron chi connectivity index (χ0n) is 11.9. The first kappa shape index (κ1) is 15.2. The molecule has 1 aromatic heterocycles. The van der Waals surface area contributed by atoms with Gasteiger partial charge in [0.1, 0.15) is 5.69 Å². The van der Waals surface area contributed by atoms with Crippen LogP contribution >= 0.6 is 0 Å². The number of unbranched alkanes of at least 4 members (excludes halogenated alkanes) is 2. The lowest BCUT2D eigenvalue weighted by Gasteiger charge is -2.04. The molecule has 0 aliphatic rings. The number of nitrogens with zero attached hydrogens (tertiary/aromatic N) is 2. The minimum absolute atomic E-state index is 0.0827. The van der Waals surface area contributed by atoms with Crippen molar-refractivity contribution in [3.8, 4) is 0 Å². The highest BCUT2D eigenvalue weighted by Crippen LogP contribution is 2.10. The van der Waals surface area contributed by atoms with E-state index in [1.54, 1.807) is 6.07 Å². The number of hydrogen-bond acceptors (Lipinski definition) is 3. The van der Waals surface area contributed by atoms with Gasteiger partial charge in [0, 0.05) is 5.69 Å². The zero-order chi connectivity index (χ0) is 14.9. The third-order valence-corrected chi connectivity index (χ3v) is 3.35. The molecule has 0 spiro atoms. The van der Waals surface area contributed by atoms with Crippen molar-refractivity contribution in [3.63, 3.8) is 0 Å². The predicted octanol–water partition coefficient (Wildman–Crippen LogP) is 3.98. The summed E-state index contributed by atoms with van der Waals surface area (Å²) >= 11 is 0. The van der Waals surface area contributed by atoms with E-state index < -0.39 is 5.82 Å². The maximum absolute atomic E-state index is 13.3. The quantitative estimate of drug-likeness (QED) is 0.362. The van der Waals surface area contributed by atoms with Crippen molar-refractivity contribution in [1.82, 2.24) is 4.98 Å². The van der Waals surface area contributed by atoms with Crippen LogP contribution in [0, 0.1) is 5.82 Å². The Hall–Kier alpha value is -2.23. The van der Waals surface area contributed by atoms with E-state index in [-0.39, 0.29) is 5.69 Å². The number of pyridine rings is 1. The fraction of sp³-hybridized carbons (Fsp3) is 0.294. The monoisotopic (exact) mass is 286 g/mol. The van der Waals surface area contributed by atoms with Gasteiger partial charge in [0.05, 0.1) is 6.21 Å². The Morgan fingerprint density at radius 3 is 2.52 bits per heavy atom. The van der Waals surface area contributed by atoms with Crippen LogP contribution in [0.25, 0.3) is 0 Å². The van der Waals surface area contributed by atoms with E-state index in [9.17, 15) is 4.39 Å². The van der Waals surface area contributed by atoms with Crippen molar-refractivity contribution in [2.45, 2.75) is 32.1 Å². The molecule has 0 fully saturated rings. The fourth-order valence-electron chi connectivity index (χ4n) is 2.24. The topological polar surface area (TPSA) is 45.5 Å². The molecule has 1 heterocycles. The Labute approximate surface area is 124 Å². The van der Waals surface area contributed by atoms with E-state index in [2.05, 4.69) is 34.4 Å². The van der Waals surface area contributed by atoms with Gasteiger partial charge in [0.15, 0.2) is 5.82 Å². The lowest BCUT2D eigenvalue weighted by Crippen LogP contribution is -1.99. The van der Waals surface area contributed by atoms with Crippen molar-refractivity contribution in [1.29, 1.82) is 0 Å². The van der Waals surface area contributed by atoms with Crippen molar-refractivity contribution < 1.29 is 9.60 Å². The largest absolute Gasteiger partial charge is 0.411 e. The molecule has 110 valence electrons. The van der Waals surface area contributed by atoms with Gasteiger partial charge in [-0.05, 0) is 43.4 Å². The van der Waals surface area contributed by atoms with E-state index in [1.807, 2.05) is 6.07 Å². The van der Waals surface area contributed by atoms with Crippen LogP contribution in [0.1, 0.15) is 36.2 Å². The smallest absolute Gasteiger partial charge is 0.150 e. The first-order valence-corrected chi connectivity index (χ1v) is 7.16. The molecule has 0 amide bonds. The van der Waals surface area contributed by atoms with Crippen LogP contribution in [-0.2, 0) is 12.8 Å². The zero-order valence-corrected chi connectivity index (χ0v) is 11.9. The van der Waals surface area contributed by atoms with Gasteiger partial charge in [-0.25, -0.2) is 9.37 Å². The van der Waals surface area contributed by atoms with Gasteiger partial charge in [-0.1, -0.05) is 41.9 Å².